The first-order valence-electron chi connectivity index (χ1n) is 10.2. The summed E-state index contributed by atoms with van der Waals surface area (Å²) < 4.78 is 7.34. The molecule has 1 N–H and O–H groups in total. The van der Waals surface area contributed by atoms with Gasteiger partial charge >= 0.3 is 0 Å². The number of benzene rings is 1. The Morgan fingerprint density at radius 3 is 2.68 bits per heavy atom. The van der Waals surface area contributed by atoms with Crippen molar-refractivity contribution >= 4 is 40.1 Å². The van der Waals surface area contributed by atoms with Crippen molar-refractivity contribution in [3.8, 4) is 5.88 Å². The third kappa shape index (κ3) is 4.34. The van der Waals surface area contributed by atoms with Gasteiger partial charge in [-0.2, -0.15) is 0 Å². The summed E-state index contributed by atoms with van der Waals surface area (Å²) >= 11 is 6.11. The number of nitrogens with one attached hydrogen (secondary N) is 1. The number of pyridine rings is 1. The molecule has 0 atom stereocenters. The average molecular weight is 442 g/mol. The lowest BCUT2D eigenvalue weighted by Crippen LogP contribution is -2.29. The molecule has 8 nitrogen and oxygen atoms in total. The lowest BCUT2D eigenvalue weighted by molar-refractivity contribution is -0.118. The van der Waals surface area contributed by atoms with E-state index in [4.69, 9.17) is 16.3 Å². The maximum absolute atomic E-state index is 12.8. The second-order valence-electron chi connectivity index (χ2n) is 7.73. The second-order valence-corrected chi connectivity index (χ2v) is 8.17. The fraction of sp³-hybridized carbons (Fsp3) is 0.364. The van der Waals surface area contributed by atoms with Gasteiger partial charge in [0, 0.05) is 30.9 Å². The van der Waals surface area contributed by atoms with Crippen molar-refractivity contribution in [1.29, 1.82) is 0 Å². The highest BCUT2D eigenvalue weighted by molar-refractivity contribution is 6.31. The van der Waals surface area contributed by atoms with Crippen molar-refractivity contribution in [2.45, 2.75) is 26.7 Å². The molecule has 4 rings (SSSR count). The largest absolute Gasteiger partial charge is 0.466 e. The van der Waals surface area contributed by atoms with Gasteiger partial charge in [0.1, 0.15) is 0 Å². The Balaban J connectivity index is 1.51. The standard InChI is InChI=1S/C22H24ClN5O3/c1-13-10-14(2)24-20-19(13)21(26-27(20)3)31-12-18(29)25-17-11-15(23)6-7-16(17)22(30)28-8-4-5-9-28/h6-7,10-11H,4-5,8-9,12H2,1-3H3,(H,25,29). The summed E-state index contributed by atoms with van der Waals surface area (Å²) in [5, 5.41) is 8.32. The minimum Gasteiger partial charge on any atom is -0.466 e. The van der Waals surface area contributed by atoms with Crippen molar-refractivity contribution in [2.24, 2.45) is 7.05 Å². The van der Waals surface area contributed by atoms with Gasteiger partial charge in [-0.15, -0.1) is 5.10 Å². The van der Waals surface area contributed by atoms with Crippen molar-refractivity contribution in [3.63, 3.8) is 0 Å². The zero-order chi connectivity index (χ0) is 22.1. The number of aromatic nitrogens is 3. The van der Waals surface area contributed by atoms with Crippen LogP contribution < -0.4 is 10.1 Å². The van der Waals surface area contributed by atoms with Crippen LogP contribution in [0, 0.1) is 13.8 Å². The van der Waals surface area contributed by atoms with Crippen LogP contribution in [-0.4, -0.2) is 51.2 Å². The first-order valence-corrected chi connectivity index (χ1v) is 10.5. The van der Waals surface area contributed by atoms with Crippen LogP contribution in [0.25, 0.3) is 11.0 Å². The number of hydrogen-bond acceptors (Lipinski definition) is 5. The molecule has 0 unspecified atom stereocenters. The predicted octanol–water partition coefficient (Wildman–Crippen LogP) is 3.49. The molecule has 1 aliphatic heterocycles. The molecular formula is C22H24ClN5O3. The fourth-order valence-corrected chi connectivity index (χ4v) is 4.04. The number of carbonyl (C=O) groups excluding carboxylic acids is 2. The van der Waals surface area contributed by atoms with Crippen molar-refractivity contribution in [3.05, 3.63) is 46.1 Å². The molecule has 0 spiro atoms. The number of anilines is 1. The van der Waals surface area contributed by atoms with Crippen molar-refractivity contribution in [1.82, 2.24) is 19.7 Å². The van der Waals surface area contributed by atoms with Gasteiger partial charge in [0.15, 0.2) is 12.3 Å². The number of ether oxygens (including phenoxy) is 1. The number of rotatable bonds is 5. The Labute approximate surface area is 185 Å². The van der Waals surface area contributed by atoms with Gasteiger partial charge in [-0.25, -0.2) is 9.67 Å². The van der Waals surface area contributed by atoms with E-state index in [2.05, 4.69) is 15.4 Å². The van der Waals surface area contributed by atoms with E-state index in [1.807, 2.05) is 19.9 Å². The molecule has 2 aromatic heterocycles. The molecule has 1 fully saturated rings. The second kappa shape index (κ2) is 8.55. The van der Waals surface area contributed by atoms with E-state index in [1.165, 1.54) is 0 Å². The number of likely N-dealkylation sites (tertiary alicyclic amines) is 1. The molecule has 1 saturated heterocycles. The summed E-state index contributed by atoms with van der Waals surface area (Å²) in [5.41, 5.74) is 3.34. The van der Waals surface area contributed by atoms with E-state index in [1.54, 1.807) is 34.8 Å². The summed E-state index contributed by atoms with van der Waals surface area (Å²) in [6.45, 7) is 5.05. The van der Waals surface area contributed by atoms with E-state index in [0.717, 1.165) is 42.6 Å². The molecule has 31 heavy (non-hydrogen) atoms. The molecule has 1 aliphatic rings. The lowest BCUT2D eigenvalue weighted by atomic mass is 10.1. The molecule has 2 amide bonds. The highest BCUT2D eigenvalue weighted by atomic mass is 35.5. The Kier molecular flexibility index (Phi) is 5.82. The lowest BCUT2D eigenvalue weighted by Gasteiger charge is -2.18. The monoisotopic (exact) mass is 441 g/mol. The van der Waals surface area contributed by atoms with Gasteiger partial charge in [-0.1, -0.05) is 11.6 Å². The maximum Gasteiger partial charge on any atom is 0.262 e. The van der Waals surface area contributed by atoms with E-state index in [9.17, 15) is 9.59 Å². The molecule has 0 aliphatic carbocycles. The zero-order valence-electron chi connectivity index (χ0n) is 17.7. The fourth-order valence-electron chi connectivity index (χ4n) is 3.87. The normalized spacial score (nSPS) is 13.6. The van der Waals surface area contributed by atoms with Crippen LogP contribution in [-0.2, 0) is 11.8 Å². The smallest absolute Gasteiger partial charge is 0.262 e. The molecule has 1 aromatic carbocycles. The van der Waals surface area contributed by atoms with Gasteiger partial charge in [0.25, 0.3) is 11.8 Å². The van der Waals surface area contributed by atoms with E-state index < -0.39 is 5.91 Å². The number of halogens is 1. The molecule has 9 heteroatoms. The van der Waals surface area contributed by atoms with E-state index in [-0.39, 0.29) is 12.5 Å². The summed E-state index contributed by atoms with van der Waals surface area (Å²) in [6.07, 6.45) is 1.97. The highest BCUT2D eigenvalue weighted by Gasteiger charge is 2.23. The quantitative estimate of drug-likeness (QED) is 0.654. The van der Waals surface area contributed by atoms with Crippen molar-refractivity contribution in [2.75, 3.05) is 25.0 Å². The van der Waals surface area contributed by atoms with E-state index >= 15 is 0 Å². The Morgan fingerprint density at radius 2 is 1.94 bits per heavy atom. The number of carbonyl (C=O) groups is 2. The van der Waals surface area contributed by atoms with Gasteiger partial charge in [-0.3, -0.25) is 9.59 Å². The zero-order valence-corrected chi connectivity index (χ0v) is 18.5. The first-order chi connectivity index (χ1) is 14.8. The van der Waals surface area contributed by atoms with Crippen LogP contribution in [0.2, 0.25) is 5.02 Å². The van der Waals surface area contributed by atoms with Gasteiger partial charge in [0.05, 0.1) is 16.6 Å². The molecule has 3 aromatic rings. The van der Waals surface area contributed by atoms with Crippen LogP contribution in [0.15, 0.2) is 24.3 Å². The van der Waals surface area contributed by atoms with Crippen LogP contribution in [0.3, 0.4) is 0 Å². The number of amides is 2. The molecule has 0 radical (unpaired) electrons. The topological polar surface area (TPSA) is 89.4 Å². The summed E-state index contributed by atoms with van der Waals surface area (Å²) in [7, 11) is 1.78. The Morgan fingerprint density at radius 1 is 1.19 bits per heavy atom. The molecule has 0 saturated carbocycles. The number of fused-ring (bicyclic) bond motifs is 1. The molecule has 0 bridgehead atoms. The summed E-state index contributed by atoms with van der Waals surface area (Å²) in [4.78, 5) is 31.7. The predicted molar refractivity (Wildman–Crippen MR) is 119 cm³/mol. The highest BCUT2D eigenvalue weighted by Crippen LogP contribution is 2.27. The molecular weight excluding hydrogens is 418 g/mol. The third-order valence-corrected chi connectivity index (χ3v) is 5.54. The Hall–Kier alpha value is -3.13. The van der Waals surface area contributed by atoms with Gasteiger partial charge in [-0.05, 0) is 56.5 Å². The van der Waals surface area contributed by atoms with Crippen LogP contribution in [0.1, 0.15) is 34.5 Å². The molecule has 162 valence electrons. The summed E-state index contributed by atoms with van der Waals surface area (Å²) in [5.74, 6) is -0.176. The number of aryl methyl sites for hydroxylation is 3. The number of hydrogen-bond donors (Lipinski definition) is 1. The Bertz CT molecular complexity index is 1170. The summed E-state index contributed by atoms with van der Waals surface area (Å²) in [6, 6.07) is 6.81. The third-order valence-electron chi connectivity index (χ3n) is 5.31. The van der Waals surface area contributed by atoms with E-state index in [0.29, 0.717) is 27.8 Å². The van der Waals surface area contributed by atoms with Crippen LogP contribution in [0.5, 0.6) is 5.88 Å². The number of nitrogens with zero attached hydrogens (tertiary/aromatic N) is 4. The minimum atomic E-state index is -0.408. The van der Waals surface area contributed by atoms with Crippen LogP contribution in [0.4, 0.5) is 5.69 Å². The average Bonchev–Trinajstić information content (AvgIpc) is 3.35. The maximum atomic E-state index is 12.8. The van der Waals surface area contributed by atoms with Gasteiger partial charge < -0.3 is 15.0 Å². The van der Waals surface area contributed by atoms with Crippen molar-refractivity contribution < 1.29 is 14.3 Å². The first kappa shape index (κ1) is 21.1. The minimum absolute atomic E-state index is 0.113. The SMILES string of the molecule is Cc1cc(C)c2c(OCC(=O)Nc3cc(Cl)ccc3C(=O)N3CCCC3)nn(C)c2n1. The van der Waals surface area contributed by atoms with Crippen LogP contribution >= 0.6 is 11.6 Å². The van der Waals surface area contributed by atoms with Gasteiger partial charge in [0.2, 0.25) is 5.88 Å². The molecule has 3 heterocycles.